The summed E-state index contributed by atoms with van der Waals surface area (Å²) in [4.78, 5) is 19.2. The Hall–Kier alpha value is -3.13. The van der Waals surface area contributed by atoms with Gasteiger partial charge in [-0.15, -0.1) is 17.5 Å². The fraction of sp³-hybridized carbons (Fsp3) is 0.364. The molecule has 0 saturated carbocycles. The van der Waals surface area contributed by atoms with Gasteiger partial charge >= 0.3 is 0 Å². The van der Waals surface area contributed by atoms with Gasteiger partial charge in [-0.05, 0) is 38.2 Å². The van der Waals surface area contributed by atoms with Gasteiger partial charge in [0.15, 0.2) is 5.95 Å². The first-order chi connectivity index (χ1) is 14.6. The van der Waals surface area contributed by atoms with Crippen LogP contribution in [0.25, 0.3) is 6.08 Å². The number of hydrogen-bond donors (Lipinski definition) is 3. The average Bonchev–Trinajstić information content (AvgIpc) is 3.35. The molecule has 3 rings (SSSR count). The average molecular weight is 444 g/mol. The summed E-state index contributed by atoms with van der Waals surface area (Å²) in [5.74, 6) is 0.388. The van der Waals surface area contributed by atoms with Crippen molar-refractivity contribution in [1.82, 2.24) is 30.3 Å². The van der Waals surface area contributed by atoms with E-state index in [0.717, 1.165) is 54.6 Å². The molecule has 9 heteroatoms. The Bertz CT molecular complexity index is 965. The van der Waals surface area contributed by atoms with Gasteiger partial charge in [0.25, 0.3) is 0 Å². The minimum Gasteiger partial charge on any atom is -0.369 e. The van der Waals surface area contributed by atoms with Crippen molar-refractivity contribution in [3.05, 3.63) is 65.2 Å². The molecule has 0 saturated heterocycles. The summed E-state index contributed by atoms with van der Waals surface area (Å²) in [6.45, 7) is 2.69. The number of carbonyl (C=O) groups excluding carboxylic acids is 1. The van der Waals surface area contributed by atoms with E-state index in [1.54, 1.807) is 10.9 Å². The molecule has 166 valence electrons. The fourth-order valence-corrected chi connectivity index (χ4v) is 3.16. The zero-order valence-corrected chi connectivity index (χ0v) is 18.6. The summed E-state index contributed by atoms with van der Waals surface area (Å²) in [7, 11) is 0. The van der Waals surface area contributed by atoms with E-state index in [1.165, 1.54) is 0 Å². The molecule has 0 aliphatic heterocycles. The number of benzene rings is 1. The fourth-order valence-electron chi connectivity index (χ4n) is 3.16. The smallest absolute Gasteiger partial charge is 0.242 e. The van der Waals surface area contributed by atoms with Crippen LogP contribution in [0.1, 0.15) is 43.1 Å². The molecule has 2 heterocycles. The lowest BCUT2D eigenvalue weighted by atomic mass is 10.1. The maximum absolute atomic E-state index is 12.2. The third-order valence-corrected chi connectivity index (χ3v) is 4.70. The van der Waals surface area contributed by atoms with Crippen LogP contribution >= 0.6 is 12.4 Å². The number of halogens is 1. The quantitative estimate of drug-likeness (QED) is 0.394. The van der Waals surface area contributed by atoms with Gasteiger partial charge in [-0.3, -0.25) is 4.79 Å². The Morgan fingerprint density at radius 1 is 1.19 bits per heavy atom. The number of imidazole rings is 1. The van der Waals surface area contributed by atoms with Gasteiger partial charge in [-0.1, -0.05) is 53.6 Å². The number of nitrogens with zero attached hydrogens (tertiary/aromatic N) is 4. The molecule has 0 unspecified atom stereocenters. The number of rotatable bonds is 11. The Morgan fingerprint density at radius 2 is 1.97 bits per heavy atom. The second-order valence-corrected chi connectivity index (χ2v) is 7.44. The molecule has 3 aromatic rings. The van der Waals surface area contributed by atoms with Gasteiger partial charge in [0.1, 0.15) is 6.54 Å². The van der Waals surface area contributed by atoms with Crippen molar-refractivity contribution in [2.24, 2.45) is 0 Å². The largest absolute Gasteiger partial charge is 0.369 e. The van der Waals surface area contributed by atoms with Gasteiger partial charge in [0.2, 0.25) is 5.91 Å². The van der Waals surface area contributed by atoms with Crippen molar-refractivity contribution in [2.45, 2.75) is 45.6 Å². The second kappa shape index (κ2) is 12.5. The van der Waals surface area contributed by atoms with Crippen molar-refractivity contribution < 1.29 is 4.79 Å². The van der Waals surface area contributed by atoms with Crippen molar-refractivity contribution in [2.75, 3.05) is 12.3 Å². The first kappa shape index (κ1) is 24.1. The highest BCUT2D eigenvalue weighted by atomic mass is 35.5. The maximum atomic E-state index is 12.2. The van der Waals surface area contributed by atoms with E-state index in [-0.39, 0.29) is 24.9 Å². The predicted molar refractivity (Wildman–Crippen MR) is 125 cm³/mol. The number of nitrogens with two attached hydrogens (primary N) is 1. The molecule has 1 aromatic carbocycles. The second-order valence-electron chi connectivity index (χ2n) is 7.44. The van der Waals surface area contributed by atoms with E-state index in [0.29, 0.717) is 12.5 Å². The lowest BCUT2D eigenvalue weighted by molar-refractivity contribution is -0.121. The summed E-state index contributed by atoms with van der Waals surface area (Å²) >= 11 is 0. The first-order valence-electron chi connectivity index (χ1n) is 10.3. The molecule has 0 atom stereocenters. The summed E-state index contributed by atoms with van der Waals surface area (Å²) in [5, 5.41) is 11.2. The molecule has 4 N–H and O–H groups in total. The highest BCUT2D eigenvalue weighted by Gasteiger charge is 2.06. The summed E-state index contributed by atoms with van der Waals surface area (Å²) in [5.41, 5.74) is 9.76. The van der Waals surface area contributed by atoms with Gasteiger partial charge in [-0.2, -0.15) is 0 Å². The molecule has 0 spiro atoms. The lowest BCUT2D eigenvalue weighted by Crippen LogP contribution is -2.29. The summed E-state index contributed by atoms with van der Waals surface area (Å²) < 4.78 is 1.59. The van der Waals surface area contributed by atoms with E-state index >= 15 is 0 Å². The Labute approximate surface area is 188 Å². The van der Waals surface area contributed by atoms with Crippen molar-refractivity contribution in [3.8, 4) is 0 Å². The van der Waals surface area contributed by atoms with Gasteiger partial charge in [0.05, 0.1) is 11.9 Å². The number of H-pyrrole nitrogens is 1. The van der Waals surface area contributed by atoms with Gasteiger partial charge in [0, 0.05) is 18.4 Å². The van der Waals surface area contributed by atoms with E-state index in [9.17, 15) is 4.79 Å². The normalized spacial score (nSPS) is 11.2. The van der Waals surface area contributed by atoms with Crippen LogP contribution in [0.3, 0.4) is 0 Å². The number of carbonyl (C=O) groups is 1. The molecular weight excluding hydrogens is 414 g/mol. The van der Waals surface area contributed by atoms with E-state index in [2.05, 4.69) is 31.7 Å². The topological polar surface area (TPSA) is 115 Å². The van der Waals surface area contributed by atoms with Crippen molar-refractivity contribution in [1.29, 1.82) is 0 Å². The third kappa shape index (κ3) is 8.64. The standard InChI is InChI=1S/C22H29N7O.ClH/c1-17(12-18-8-4-2-5-9-18)13-24-21(30)16-29-15-20(27-28-29)11-7-3-6-10-19-14-25-22(23)26-19;/h2,4-5,8-9,12,14-15H,3,6-7,10-11,13,16H2,1H3,(H,24,30)(H3,23,25,26);1H. The number of unbranched alkanes of at least 4 members (excludes halogenated alkanes) is 2. The molecule has 0 radical (unpaired) electrons. The molecule has 8 nitrogen and oxygen atoms in total. The van der Waals surface area contributed by atoms with Crippen molar-refractivity contribution in [3.63, 3.8) is 0 Å². The number of aryl methyl sites for hydroxylation is 2. The van der Waals surface area contributed by atoms with Crippen LogP contribution < -0.4 is 11.1 Å². The summed E-state index contributed by atoms with van der Waals surface area (Å²) in [6, 6.07) is 10.1. The van der Waals surface area contributed by atoms with Gasteiger partial charge in [-0.25, -0.2) is 9.67 Å². The minimum atomic E-state index is -0.0777. The number of amides is 1. The summed E-state index contributed by atoms with van der Waals surface area (Å²) in [6.07, 6.45) is 10.7. The minimum absolute atomic E-state index is 0. The molecule has 1 amide bonds. The number of aromatic nitrogens is 5. The van der Waals surface area contributed by atoms with Crippen LogP contribution in [0, 0.1) is 0 Å². The molecule has 2 aromatic heterocycles. The maximum Gasteiger partial charge on any atom is 0.242 e. The van der Waals surface area contributed by atoms with Gasteiger partial charge < -0.3 is 16.0 Å². The predicted octanol–water partition coefficient (Wildman–Crippen LogP) is 3.18. The van der Waals surface area contributed by atoms with E-state index < -0.39 is 0 Å². The number of nitrogen functional groups attached to an aromatic ring is 1. The zero-order valence-electron chi connectivity index (χ0n) is 17.8. The van der Waals surface area contributed by atoms with Crippen LogP contribution in [-0.4, -0.2) is 37.4 Å². The van der Waals surface area contributed by atoms with Crippen LogP contribution in [-0.2, 0) is 24.2 Å². The molecule has 31 heavy (non-hydrogen) atoms. The highest BCUT2D eigenvalue weighted by Crippen LogP contribution is 2.08. The van der Waals surface area contributed by atoms with Crippen LogP contribution in [0.4, 0.5) is 5.95 Å². The molecule has 0 aliphatic rings. The van der Waals surface area contributed by atoms with Crippen LogP contribution in [0.15, 0.2) is 48.3 Å². The van der Waals surface area contributed by atoms with Crippen LogP contribution in [0.5, 0.6) is 0 Å². The number of nitrogens with one attached hydrogen (secondary N) is 2. The lowest BCUT2D eigenvalue weighted by Gasteiger charge is -2.05. The Balaban J connectivity index is 0.00000341. The van der Waals surface area contributed by atoms with Crippen LogP contribution in [0.2, 0.25) is 0 Å². The van der Waals surface area contributed by atoms with Crippen molar-refractivity contribution >= 4 is 30.3 Å². The number of aromatic amines is 1. The molecule has 0 bridgehead atoms. The third-order valence-electron chi connectivity index (χ3n) is 4.70. The number of anilines is 1. The molecule has 0 aliphatic carbocycles. The molecule has 0 fully saturated rings. The first-order valence-corrected chi connectivity index (χ1v) is 10.3. The monoisotopic (exact) mass is 443 g/mol. The van der Waals surface area contributed by atoms with E-state index in [1.807, 2.05) is 43.5 Å². The van der Waals surface area contributed by atoms with E-state index in [4.69, 9.17) is 5.73 Å². The molecular formula is C22H30ClN7O. The Morgan fingerprint density at radius 3 is 2.71 bits per heavy atom. The SMILES string of the molecule is CC(=Cc1ccccc1)CNC(=O)Cn1cc(CCCCCc2cnc(N)[nH]2)nn1.Cl. The number of hydrogen-bond acceptors (Lipinski definition) is 5. The zero-order chi connectivity index (χ0) is 21.2. The Kier molecular flexibility index (Phi) is 9.77. The highest BCUT2D eigenvalue weighted by molar-refractivity contribution is 5.85.